The monoisotopic (exact) mass is 1270 g/mol. The van der Waals surface area contributed by atoms with Gasteiger partial charge in [-0.1, -0.05) is 74.5 Å². The van der Waals surface area contributed by atoms with Crippen molar-refractivity contribution in [3.63, 3.8) is 0 Å². The van der Waals surface area contributed by atoms with Gasteiger partial charge in [0.25, 0.3) is 0 Å². The molecule has 91 heavy (non-hydrogen) atoms. The fourth-order valence-corrected chi connectivity index (χ4v) is 9.21. The number of amides is 11. The number of aromatic nitrogens is 1. The Morgan fingerprint density at radius 2 is 0.989 bits per heavy atom. The van der Waals surface area contributed by atoms with E-state index in [1.807, 2.05) is 0 Å². The fraction of sp³-hybridized carbons (Fsp3) is 0.424. The van der Waals surface area contributed by atoms with E-state index < -0.39 is 182 Å². The summed E-state index contributed by atoms with van der Waals surface area (Å²) in [5, 5.41) is 60.5. The number of carboxylic acids is 3. The van der Waals surface area contributed by atoms with Crippen LogP contribution in [0.25, 0.3) is 10.9 Å². The van der Waals surface area contributed by atoms with Gasteiger partial charge >= 0.3 is 17.9 Å². The number of phenolic OH excluding ortho intramolecular Hbond substituents is 1. The van der Waals surface area contributed by atoms with Crippen molar-refractivity contribution in [1.29, 1.82) is 0 Å². The number of phenols is 1. The van der Waals surface area contributed by atoms with Crippen molar-refractivity contribution in [1.82, 2.24) is 52.8 Å². The van der Waals surface area contributed by atoms with Gasteiger partial charge < -0.3 is 96.2 Å². The van der Waals surface area contributed by atoms with E-state index >= 15 is 0 Å². The smallest absolute Gasteiger partial charge is 0.326 e. The Bertz CT molecular complexity index is 3250. The number of rotatable bonds is 39. The summed E-state index contributed by atoms with van der Waals surface area (Å²) >= 11 is 0. The van der Waals surface area contributed by atoms with Crippen LogP contribution in [0, 0.1) is 5.92 Å². The van der Waals surface area contributed by atoms with Crippen molar-refractivity contribution in [2.24, 2.45) is 28.9 Å². The van der Waals surface area contributed by atoms with Gasteiger partial charge in [0.05, 0.1) is 31.8 Å². The Morgan fingerprint density at radius 3 is 1.54 bits per heavy atom. The summed E-state index contributed by atoms with van der Waals surface area (Å²) in [7, 11) is 0. The van der Waals surface area contributed by atoms with Crippen molar-refractivity contribution >= 4 is 93.8 Å². The third-order valence-corrected chi connectivity index (χ3v) is 14.0. The molecule has 0 aliphatic heterocycles. The number of carbonyl (C=O) groups is 14. The van der Waals surface area contributed by atoms with Crippen LogP contribution in [0.4, 0.5) is 0 Å². The molecule has 0 radical (unpaired) electrons. The van der Waals surface area contributed by atoms with Gasteiger partial charge in [-0.25, -0.2) is 4.79 Å². The lowest BCUT2D eigenvalue weighted by molar-refractivity contribution is -0.142. The lowest BCUT2D eigenvalue weighted by Crippen LogP contribution is -2.61. The van der Waals surface area contributed by atoms with E-state index in [2.05, 4.69) is 52.8 Å². The van der Waals surface area contributed by atoms with E-state index in [0.717, 1.165) is 0 Å². The molecule has 32 heteroatoms. The zero-order chi connectivity index (χ0) is 67.5. The summed E-state index contributed by atoms with van der Waals surface area (Å²) < 4.78 is 0. The third-order valence-electron chi connectivity index (χ3n) is 14.0. The zero-order valence-electron chi connectivity index (χ0n) is 49.9. The predicted octanol–water partition coefficient (Wildman–Crippen LogP) is -3.82. The van der Waals surface area contributed by atoms with Crippen LogP contribution >= 0.6 is 0 Å². The SMILES string of the molecule is CC(C)[C@H](NC(=O)[C@@H](N)CC(=O)O)C(=O)N[C@@H](Cc1ccccc1)C(=O)N[C@@H](CC(N)=O)C(=O)N[C@@H](CCC(=O)O)C(=O)N[C@@H](CCCCN)C(=O)NCC(=O)N[C@@H](Cc1c[nH]c2ccccc12)C(=O)N[C@@H](CC(N)=O)C(=O)N[C@@H](Cc1ccc(O)cc1)C(=O)O. The van der Waals surface area contributed by atoms with E-state index in [-0.39, 0.29) is 44.4 Å². The van der Waals surface area contributed by atoms with Gasteiger partial charge in [0.15, 0.2) is 0 Å². The molecular formula is C59H78N14O18. The number of aliphatic carboxylic acids is 3. The largest absolute Gasteiger partial charge is 0.508 e. The minimum atomic E-state index is -1.91. The van der Waals surface area contributed by atoms with Crippen LogP contribution in [0.15, 0.2) is 85.1 Å². The number of carbonyl (C=O) groups excluding carboxylic acids is 11. The lowest BCUT2D eigenvalue weighted by Gasteiger charge is -2.28. The molecule has 1 aromatic heterocycles. The second-order valence-corrected chi connectivity index (χ2v) is 21.7. The minimum Gasteiger partial charge on any atom is -0.508 e. The van der Waals surface area contributed by atoms with E-state index in [0.29, 0.717) is 34.0 Å². The van der Waals surface area contributed by atoms with Crippen LogP contribution in [-0.2, 0) is 86.4 Å². The van der Waals surface area contributed by atoms with Crippen molar-refractivity contribution in [3.05, 3.63) is 102 Å². The summed E-state index contributed by atoms with van der Waals surface area (Å²) in [6, 6.07) is 5.74. The number of primary amides is 2. The first-order chi connectivity index (χ1) is 43.0. The van der Waals surface area contributed by atoms with Crippen LogP contribution in [-0.4, -0.2) is 176 Å². The molecule has 0 aliphatic rings. The van der Waals surface area contributed by atoms with Gasteiger partial charge in [0.1, 0.15) is 54.1 Å². The van der Waals surface area contributed by atoms with E-state index in [4.69, 9.17) is 28.0 Å². The number of hydrogen-bond acceptors (Lipinski definition) is 17. The maximum absolute atomic E-state index is 14.2. The highest BCUT2D eigenvalue weighted by Gasteiger charge is 2.36. The van der Waals surface area contributed by atoms with Gasteiger partial charge in [-0.2, -0.15) is 0 Å². The highest BCUT2D eigenvalue weighted by atomic mass is 16.4. The summed E-state index contributed by atoms with van der Waals surface area (Å²) in [5.74, 6) is -16.9. The number of hydrogen-bond donors (Lipinski definition) is 18. The Morgan fingerprint density at radius 1 is 0.495 bits per heavy atom. The number of fused-ring (bicyclic) bond motifs is 1. The summed E-state index contributed by atoms with van der Waals surface area (Å²) in [6.07, 6.45) is -2.84. The average molecular weight is 1270 g/mol. The molecule has 0 spiro atoms. The molecule has 0 saturated carbocycles. The molecule has 9 atom stereocenters. The first-order valence-electron chi connectivity index (χ1n) is 28.8. The van der Waals surface area contributed by atoms with Crippen molar-refractivity contribution < 1.29 is 87.5 Å². The molecule has 1 heterocycles. The number of para-hydroxylation sites is 1. The molecule has 4 aromatic rings. The highest BCUT2D eigenvalue weighted by Crippen LogP contribution is 2.20. The van der Waals surface area contributed by atoms with E-state index in [1.54, 1.807) is 74.6 Å². The number of carboxylic acid groups (broad SMARTS) is 3. The first kappa shape index (κ1) is 73.0. The van der Waals surface area contributed by atoms with E-state index in [1.165, 1.54) is 24.3 Å². The second-order valence-electron chi connectivity index (χ2n) is 21.7. The second kappa shape index (κ2) is 36.1. The van der Waals surface area contributed by atoms with Crippen LogP contribution in [0.1, 0.15) is 81.9 Å². The molecule has 0 fully saturated rings. The molecule has 3 aromatic carbocycles. The summed E-state index contributed by atoms with van der Waals surface area (Å²) in [4.78, 5) is 188. The molecule has 32 nitrogen and oxygen atoms in total. The molecular weight excluding hydrogens is 1190 g/mol. The van der Waals surface area contributed by atoms with Crippen LogP contribution in [0.3, 0.4) is 0 Å². The lowest BCUT2D eigenvalue weighted by atomic mass is 10.00. The Kier molecular flexibility index (Phi) is 28.9. The standard InChI is InChI=1S/C59H78N14O18/c1-30(2)50(73-51(82)36(61)25-49(80)81)58(89)71-40(22-31-10-4-3-5-11-31)54(85)69-42(26-45(62)75)56(87)68-39(19-20-48(78)79)53(84)67-38(14-8-9-21-60)52(83)65-29-47(77)66-41(24-33-28-64-37-13-7-6-12-35(33)37)55(86)70-43(27-46(63)76)57(88)72-44(59(90)91)23-32-15-17-34(74)18-16-32/h3-7,10-13,15-18,28,30,36,38-44,50,64,74H,8-9,14,19-27,29,60-61H2,1-2H3,(H2,62,75)(H2,63,76)(H,65,83)(H,66,77)(H,67,84)(H,68,87)(H,69,85)(H,70,86)(H,71,89)(H,72,88)(H,73,82)(H,78,79)(H,80,81)(H,90,91)/t36-,38-,39-,40-,41-,42-,43-,44-,50-/m0/s1. The molecule has 22 N–H and O–H groups in total. The van der Waals surface area contributed by atoms with Crippen LogP contribution < -0.4 is 70.8 Å². The molecule has 0 bridgehead atoms. The molecule has 11 amide bonds. The summed E-state index contributed by atoms with van der Waals surface area (Å²) in [6.45, 7) is 2.33. The number of nitrogens with one attached hydrogen (secondary N) is 10. The molecule has 0 unspecified atom stereocenters. The van der Waals surface area contributed by atoms with Crippen molar-refractivity contribution in [3.8, 4) is 5.75 Å². The van der Waals surface area contributed by atoms with E-state index in [9.17, 15) is 82.4 Å². The van der Waals surface area contributed by atoms with Gasteiger partial charge in [-0.15, -0.1) is 0 Å². The normalized spacial score (nSPS) is 14.0. The third kappa shape index (κ3) is 24.9. The number of unbranched alkanes of at least 4 members (excludes halogenated alkanes) is 1. The Hall–Kier alpha value is -10.5. The number of H-pyrrole nitrogens is 1. The molecule has 0 aliphatic carbocycles. The van der Waals surface area contributed by atoms with Crippen LogP contribution in [0.2, 0.25) is 0 Å². The number of aromatic hydroxyl groups is 1. The van der Waals surface area contributed by atoms with Crippen molar-refractivity contribution in [2.75, 3.05) is 13.1 Å². The molecule has 0 saturated heterocycles. The average Bonchev–Trinajstić information content (AvgIpc) is 1.95. The summed E-state index contributed by atoms with van der Waals surface area (Å²) in [5.41, 5.74) is 24.4. The van der Waals surface area contributed by atoms with Crippen LogP contribution in [0.5, 0.6) is 5.75 Å². The maximum atomic E-state index is 14.2. The van der Waals surface area contributed by atoms with Gasteiger partial charge in [0, 0.05) is 42.8 Å². The zero-order valence-corrected chi connectivity index (χ0v) is 49.9. The Labute approximate surface area is 520 Å². The molecule has 4 rings (SSSR count). The number of nitrogens with two attached hydrogens (primary N) is 4. The van der Waals surface area contributed by atoms with Gasteiger partial charge in [-0.05, 0) is 73.0 Å². The predicted molar refractivity (Wildman–Crippen MR) is 323 cm³/mol. The Balaban J connectivity index is 1.56. The van der Waals surface area contributed by atoms with Gasteiger partial charge in [-0.3, -0.25) is 62.3 Å². The highest BCUT2D eigenvalue weighted by molar-refractivity contribution is 6.00. The quantitative estimate of drug-likeness (QED) is 0.0190. The minimum absolute atomic E-state index is 0.104. The maximum Gasteiger partial charge on any atom is 0.326 e. The first-order valence-corrected chi connectivity index (χ1v) is 28.8. The van der Waals surface area contributed by atoms with Gasteiger partial charge in [0.2, 0.25) is 65.0 Å². The van der Waals surface area contributed by atoms with Crippen molar-refractivity contribution in [2.45, 2.75) is 139 Å². The fourth-order valence-electron chi connectivity index (χ4n) is 9.21. The number of benzene rings is 3. The topological polar surface area (TPSA) is 548 Å². The number of aromatic amines is 1. The molecule has 492 valence electrons.